The summed E-state index contributed by atoms with van der Waals surface area (Å²) in [4.78, 5) is 20.5. The molecule has 33 heavy (non-hydrogen) atoms. The molecule has 1 saturated carbocycles. The first-order valence-corrected chi connectivity index (χ1v) is 10.8. The van der Waals surface area contributed by atoms with Crippen LogP contribution in [0.5, 0.6) is 5.75 Å². The van der Waals surface area contributed by atoms with E-state index in [0.29, 0.717) is 47.1 Å². The highest BCUT2D eigenvalue weighted by molar-refractivity contribution is 5.92. The molecule has 0 radical (unpaired) electrons. The number of rotatable bonds is 8. The van der Waals surface area contributed by atoms with E-state index in [1.807, 2.05) is 0 Å². The number of ether oxygens (including phenoxy) is 2. The Labute approximate surface area is 191 Å². The van der Waals surface area contributed by atoms with Crippen molar-refractivity contribution in [2.45, 2.75) is 32.7 Å². The summed E-state index contributed by atoms with van der Waals surface area (Å²) in [6.45, 7) is 5.10. The molecule has 2 aromatic carbocycles. The first-order chi connectivity index (χ1) is 15.8. The predicted molar refractivity (Wildman–Crippen MR) is 126 cm³/mol. The maximum Gasteiger partial charge on any atom is 0.319 e. The van der Waals surface area contributed by atoms with Crippen LogP contribution in [0.25, 0.3) is 10.9 Å². The van der Waals surface area contributed by atoms with E-state index in [1.165, 1.54) is 12.4 Å². The molecule has 0 spiro atoms. The largest absolute Gasteiger partial charge is 0.491 e. The van der Waals surface area contributed by atoms with Crippen LogP contribution in [0, 0.1) is 11.2 Å². The van der Waals surface area contributed by atoms with Crippen molar-refractivity contribution in [2.24, 2.45) is 5.41 Å². The van der Waals surface area contributed by atoms with Crippen molar-refractivity contribution >= 4 is 34.1 Å². The third-order valence-electron chi connectivity index (χ3n) is 5.56. The van der Waals surface area contributed by atoms with Crippen LogP contribution < -0.4 is 20.7 Å². The lowest BCUT2D eigenvalue weighted by Crippen LogP contribution is -2.49. The van der Waals surface area contributed by atoms with Gasteiger partial charge in [-0.05, 0) is 42.5 Å². The average Bonchev–Trinajstić information content (AvgIpc) is 2.74. The second kappa shape index (κ2) is 9.58. The summed E-state index contributed by atoms with van der Waals surface area (Å²) < 4.78 is 25.3. The van der Waals surface area contributed by atoms with Gasteiger partial charge < -0.3 is 25.4 Å². The summed E-state index contributed by atoms with van der Waals surface area (Å²) >= 11 is 0. The Morgan fingerprint density at radius 1 is 1.12 bits per heavy atom. The van der Waals surface area contributed by atoms with Gasteiger partial charge in [-0.2, -0.15) is 0 Å². The lowest BCUT2D eigenvalue weighted by atomic mass is 9.68. The van der Waals surface area contributed by atoms with Crippen LogP contribution in [0.2, 0.25) is 0 Å². The third kappa shape index (κ3) is 5.67. The van der Waals surface area contributed by atoms with Crippen molar-refractivity contribution in [1.82, 2.24) is 15.3 Å². The van der Waals surface area contributed by atoms with E-state index in [1.54, 1.807) is 37.4 Å². The van der Waals surface area contributed by atoms with Crippen molar-refractivity contribution in [3.05, 3.63) is 48.5 Å². The number of benzene rings is 2. The van der Waals surface area contributed by atoms with Crippen LogP contribution in [0.4, 0.5) is 26.4 Å². The molecule has 9 heteroatoms. The molecule has 0 atom stereocenters. The number of nitrogens with zero attached hydrogens (tertiary/aromatic N) is 2. The Hall–Kier alpha value is -3.46. The SMILES string of the molecule is COCCOc1cc(F)c2c(Nc3ccc(NC(=O)NC4CC(C)(C)C4)cc3)ncnc2c1. The molecule has 4 rings (SSSR count). The van der Waals surface area contributed by atoms with Gasteiger partial charge in [0.25, 0.3) is 0 Å². The van der Waals surface area contributed by atoms with Gasteiger partial charge in [-0.1, -0.05) is 13.8 Å². The molecule has 1 aliphatic carbocycles. The zero-order valence-electron chi connectivity index (χ0n) is 18.9. The number of amides is 2. The quantitative estimate of drug-likeness (QED) is 0.422. The number of hydrogen-bond donors (Lipinski definition) is 3. The van der Waals surface area contributed by atoms with Crippen molar-refractivity contribution in [3.63, 3.8) is 0 Å². The van der Waals surface area contributed by atoms with E-state index in [0.717, 1.165) is 12.8 Å². The van der Waals surface area contributed by atoms with E-state index in [4.69, 9.17) is 9.47 Å². The van der Waals surface area contributed by atoms with Crippen LogP contribution in [-0.4, -0.2) is 42.4 Å². The number of nitrogens with one attached hydrogen (secondary N) is 3. The molecule has 0 aliphatic heterocycles. The lowest BCUT2D eigenvalue weighted by Gasteiger charge is -2.42. The first kappa shape index (κ1) is 22.7. The number of fused-ring (bicyclic) bond motifs is 1. The van der Waals surface area contributed by atoms with E-state index in [2.05, 4.69) is 39.8 Å². The molecule has 1 aromatic heterocycles. The second-order valence-electron chi connectivity index (χ2n) is 8.93. The minimum absolute atomic E-state index is 0.216. The molecular formula is C24H28FN5O3. The number of methoxy groups -OCH3 is 1. The minimum Gasteiger partial charge on any atom is -0.491 e. The molecule has 174 valence electrons. The highest BCUT2D eigenvalue weighted by atomic mass is 19.1. The summed E-state index contributed by atoms with van der Waals surface area (Å²) in [6, 6.07) is 10.1. The topological polar surface area (TPSA) is 97.4 Å². The molecule has 3 aromatic rings. The molecule has 0 bridgehead atoms. The van der Waals surface area contributed by atoms with Gasteiger partial charge in [-0.3, -0.25) is 0 Å². The standard InChI is InChI=1S/C24H28FN5O3/c1-24(2)12-17(13-24)30-23(31)29-16-6-4-15(5-7-16)28-22-21-19(25)10-18(33-9-8-32-3)11-20(21)26-14-27-22/h4-7,10-11,14,17H,8-9,12-13H2,1-3H3,(H,26,27,28)(H2,29,30,31). The number of urea groups is 1. The summed E-state index contributed by atoms with van der Waals surface area (Å²) in [5.74, 6) is 0.227. The van der Waals surface area contributed by atoms with Gasteiger partial charge >= 0.3 is 6.03 Å². The highest BCUT2D eigenvalue weighted by Gasteiger charge is 2.36. The Morgan fingerprint density at radius 2 is 1.85 bits per heavy atom. The van der Waals surface area contributed by atoms with Gasteiger partial charge in [0, 0.05) is 36.7 Å². The minimum atomic E-state index is -0.489. The Morgan fingerprint density at radius 3 is 2.55 bits per heavy atom. The van der Waals surface area contributed by atoms with Crippen molar-refractivity contribution in [3.8, 4) is 5.75 Å². The normalized spacial score (nSPS) is 15.0. The zero-order chi connectivity index (χ0) is 23.4. The smallest absolute Gasteiger partial charge is 0.319 e. The molecule has 2 amide bonds. The van der Waals surface area contributed by atoms with Crippen molar-refractivity contribution in [2.75, 3.05) is 31.0 Å². The monoisotopic (exact) mass is 453 g/mol. The molecule has 1 heterocycles. The van der Waals surface area contributed by atoms with Crippen LogP contribution >= 0.6 is 0 Å². The number of hydrogen-bond acceptors (Lipinski definition) is 6. The lowest BCUT2D eigenvalue weighted by molar-refractivity contribution is 0.132. The maximum absolute atomic E-state index is 14.8. The molecule has 3 N–H and O–H groups in total. The van der Waals surface area contributed by atoms with Gasteiger partial charge in [0.15, 0.2) is 0 Å². The van der Waals surface area contributed by atoms with Crippen molar-refractivity contribution in [1.29, 1.82) is 0 Å². The Balaban J connectivity index is 1.41. The van der Waals surface area contributed by atoms with E-state index >= 15 is 0 Å². The van der Waals surface area contributed by atoms with E-state index in [9.17, 15) is 9.18 Å². The second-order valence-corrected chi connectivity index (χ2v) is 8.93. The Kier molecular flexibility index (Phi) is 6.60. The Bertz CT molecular complexity index is 1130. The van der Waals surface area contributed by atoms with Crippen LogP contribution in [-0.2, 0) is 4.74 Å². The maximum atomic E-state index is 14.8. The summed E-state index contributed by atoms with van der Waals surface area (Å²) in [5, 5.41) is 9.20. The van der Waals surface area contributed by atoms with Crippen LogP contribution in [0.3, 0.4) is 0 Å². The fourth-order valence-electron chi connectivity index (χ4n) is 4.04. The summed E-state index contributed by atoms with van der Waals surface area (Å²) in [6.07, 6.45) is 3.33. The molecule has 0 saturated heterocycles. The molecular weight excluding hydrogens is 425 g/mol. The van der Waals surface area contributed by atoms with Gasteiger partial charge in [0.1, 0.15) is 30.3 Å². The fourth-order valence-corrected chi connectivity index (χ4v) is 4.04. The predicted octanol–water partition coefficient (Wildman–Crippen LogP) is 4.85. The summed E-state index contributed by atoms with van der Waals surface area (Å²) in [7, 11) is 1.57. The van der Waals surface area contributed by atoms with Gasteiger partial charge in [-0.25, -0.2) is 19.2 Å². The first-order valence-electron chi connectivity index (χ1n) is 10.8. The number of aromatic nitrogens is 2. The number of carbonyl (C=O) groups is 1. The van der Waals surface area contributed by atoms with E-state index in [-0.39, 0.29) is 17.5 Å². The average molecular weight is 454 g/mol. The zero-order valence-corrected chi connectivity index (χ0v) is 18.9. The van der Waals surface area contributed by atoms with Crippen LogP contribution in [0.15, 0.2) is 42.7 Å². The molecule has 8 nitrogen and oxygen atoms in total. The third-order valence-corrected chi connectivity index (χ3v) is 5.56. The van der Waals surface area contributed by atoms with Gasteiger partial charge in [0.05, 0.1) is 17.5 Å². The molecule has 1 fully saturated rings. The number of carbonyl (C=O) groups excluding carboxylic acids is 1. The van der Waals surface area contributed by atoms with Gasteiger partial charge in [-0.15, -0.1) is 0 Å². The number of halogens is 1. The molecule has 0 unspecified atom stereocenters. The molecule has 1 aliphatic rings. The fraction of sp³-hybridized carbons (Fsp3) is 0.375. The van der Waals surface area contributed by atoms with Gasteiger partial charge in [0.2, 0.25) is 0 Å². The van der Waals surface area contributed by atoms with E-state index < -0.39 is 5.82 Å². The van der Waals surface area contributed by atoms with Crippen LogP contribution in [0.1, 0.15) is 26.7 Å². The number of anilines is 3. The summed E-state index contributed by atoms with van der Waals surface area (Å²) in [5.41, 5.74) is 2.08. The van der Waals surface area contributed by atoms with Crippen molar-refractivity contribution < 1.29 is 18.7 Å². The highest BCUT2D eigenvalue weighted by Crippen LogP contribution is 2.39.